The van der Waals surface area contributed by atoms with Crippen LogP contribution in [0, 0.1) is 11.7 Å². The van der Waals surface area contributed by atoms with Crippen LogP contribution in [0.3, 0.4) is 0 Å². The van der Waals surface area contributed by atoms with Crippen LogP contribution in [0.5, 0.6) is 0 Å². The van der Waals surface area contributed by atoms with Gasteiger partial charge in [0.15, 0.2) is 0 Å². The Labute approximate surface area is 84.6 Å². The van der Waals surface area contributed by atoms with E-state index in [9.17, 15) is 9.50 Å². The van der Waals surface area contributed by atoms with Gasteiger partial charge in [0.25, 0.3) is 0 Å². The van der Waals surface area contributed by atoms with Crippen molar-refractivity contribution < 1.29 is 9.50 Å². The van der Waals surface area contributed by atoms with Crippen molar-refractivity contribution in [1.82, 2.24) is 0 Å². The average Bonchev–Trinajstić information content (AvgIpc) is 2.16. The Hall–Kier alpha value is -0.890. The van der Waals surface area contributed by atoms with Crippen LogP contribution in [0.1, 0.15) is 25.8 Å². The summed E-state index contributed by atoms with van der Waals surface area (Å²) in [7, 11) is 0. The van der Waals surface area contributed by atoms with E-state index >= 15 is 0 Å². The summed E-state index contributed by atoms with van der Waals surface area (Å²) in [6.07, 6.45) is 1.10. The van der Waals surface area contributed by atoms with Gasteiger partial charge in [-0.2, -0.15) is 0 Å². The number of hydrogen-bond donors (Lipinski definition) is 1. The van der Waals surface area contributed by atoms with E-state index in [0.717, 1.165) is 12.0 Å². The van der Waals surface area contributed by atoms with Crippen LogP contribution in [-0.2, 0) is 6.42 Å². The molecule has 0 aliphatic carbocycles. The molecule has 0 aliphatic heterocycles. The highest BCUT2D eigenvalue weighted by molar-refractivity contribution is 5.17. The van der Waals surface area contributed by atoms with Crippen molar-refractivity contribution in [2.45, 2.75) is 32.8 Å². The van der Waals surface area contributed by atoms with Crippen LogP contribution < -0.4 is 0 Å². The summed E-state index contributed by atoms with van der Waals surface area (Å²) in [5.74, 6) is 0.0251. The highest BCUT2D eigenvalue weighted by Gasteiger charge is 2.12. The Morgan fingerprint density at radius 3 is 2.71 bits per heavy atom. The number of rotatable bonds is 4. The Morgan fingerprint density at radius 1 is 1.43 bits per heavy atom. The maximum absolute atomic E-state index is 12.8. The molecule has 0 heterocycles. The summed E-state index contributed by atoms with van der Waals surface area (Å²) in [4.78, 5) is 0. The normalized spacial score (nSPS) is 15.1. The molecule has 2 unspecified atom stereocenters. The quantitative estimate of drug-likeness (QED) is 0.785. The minimum Gasteiger partial charge on any atom is -0.393 e. The summed E-state index contributed by atoms with van der Waals surface area (Å²) in [5.41, 5.74) is 0.859. The van der Waals surface area contributed by atoms with Gasteiger partial charge in [-0.1, -0.05) is 32.4 Å². The SMILES string of the molecule is CCC(C)C(O)Cc1cccc(F)c1. The molecular formula is C12H17FO. The third-order valence-electron chi connectivity index (χ3n) is 2.63. The highest BCUT2D eigenvalue weighted by atomic mass is 19.1. The van der Waals surface area contributed by atoms with E-state index in [0.29, 0.717) is 6.42 Å². The lowest BCUT2D eigenvalue weighted by Crippen LogP contribution is -2.19. The van der Waals surface area contributed by atoms with Crippen molar-refractivity contribution >= 4 is 0 Å². The van der Waals surface area contributed by atoms with Crippen LogP contribution in [0.2, 0.25) is 0 Å². The molecule has 1 aromatic rings. The zero-order chi connectivity index (χ0) is 10.6. The van der Waals surface area contributed by atoms with Crippen molar-refractivity contribution in [2.75, 3.05) is 0 Å². The van der Waals surface area contributed by atoms with Crippen LogP contribution in [0.4, 0.5) is 4.39 Å². The zero-order valence-electron chi connectivity index (χ0n) is 8.70. The fraction of sp³-hybridized carbons (Fsp3) is 0.500. The van der Waals surface area contributed by atoms with Gasteiger partial charge in [-0.05, 0) is 30.0 Å². The standard InChI is InChI=1S/C12H17FO/c1-3-9(2)12(14)8-10-5-4-6-11(13)7-10/h4-7,9,12,14H,3,8H2,1-2H3. The molecule has 14 heavy (non-hydrogen) atoms. The minimum absolute atomic E-state index is 0.237. The third kappa shape index (κ3) is 3.11. The molecule has 0 fully saturated rings. The van der Waals surface area contributed by atoms with Gasteiger partial charge in [-0.3, -0.25) is 0 Å². The molecular weight excluding hydrogens is 179 g/mol. The lowest BCUT2D eigenvalue weighted by Gasteiger charge is -2.16. The first-order chi connectivity index (χ1) is 6.63. The van der Waals surface area contributed by atoms with E-state index in [1.54, 1.807) is 6.07 Å². The van der Waals surface area contributed by atoms with Gasteiger partial charge in [-0.25, -0.2) is 4.39 Å². The molecule has 1 rings (SSSR count). The zero-order valence-corrected chi connectivity index (χ0v) is 8.70. The molecule has 0 saturated heterocycles. The van der Waals surface area contributed by atoms with Crippen LogP contribution in [-0.4, -0.2) is 11.2 Å². The fourth-order valence-corrected chi connectivity index (χ4v) is 1.38. The second-order valence-electron chi connectivity index (χ2n) is 3.79. The monoisotopic (exact) mass is 196 g/mol. The number of benzene rings is 1. The molecule has 0 amide bonds. The number of aliphatic hydroxyl groups excluding tert-OH is 1. The van der Waals surface area contributed by atoms with Gasteiger partial charge in [-0.15, -0.1) is 0 Å². The Bertz CT molecular complexity index is 285. The average molecular weight is 196 g/mol. The minimum atomic E-state index is -0.373. The van der Waals surface area contributed by atoms with Crippen molar-refractivity contribution in [3.05, 3.63) is 35.6 Å². The summed E-state index contributed by atoms with van der Waals surface area (Å²) < 4.78 is 12.8. The molecule has 0 bridgehead atoms. The topological polar surface area (TPSA) is 20.2 Å². The fourth-order valence-electron chi connectivity index (χ4n) is 1.38. The van der Waals surface area contributed by atoms with Crippen LogP contribution in [0.25, 0.3) is 0 Å². The summed E-state index contributed by atoms with van der Waals surface area (Å²) in [6, 6.07) is 6.41. The summed E-state index contributed by atoms with van der Waals surface area (Å²) >= 11 is 0. The Kier molecular flexibility index (Phi) is 4.08. The molecule has 0 radical (unpaired) electrons. The van der Waals surface area contributed by atoms with E-state index < -0.39 is 0 Å². The number of halogens is 1. The van der Waals surface area contributed by atoms with E-state index in [2.05, 4.69) is 0 Å². The molecule has 0 saturated carbocycles. The van der Waals surface area contributed by atoms with Crippen LogP contribution >= 0.6 is 0 Å². The second kappa shape index (κ2) is 5.11. The smallest absolute Gasteiger partial charge is 0.123 e. The second-order valence-corrected chi connectivity index (χ2v) is 3.79. The summed E-state index contributed by atoms with van der Waals surface area (Å²) in [6.45, 7) is 4.05. The summed E-state index contributed by atoms with van der Waals surface area (Å²) in [5, 5.41) is 9.74. The van der Waals surface area contributed by atoms with Gasteiger partial charge in [0.1, 0.15) is 5.82 Å². The van der Waals surface area contributed by atoms with E-state index in [1.165, 1.54) is 12.1 Å². The maximum Gasteiger partial charge on any atom is 0.123 e. The third-order valence-corrected chi connectivity index (χ3v) is 2.63. The molecule has 1 N–H and O–H groups in total. The van der Waals surface area contributed by atoms with Gasteiger partial charge < -0.3 is 5.11 Å². The maximum atomic E-state index is 12.8. The van der Waals surface area contributed by atoms with E-state index in [1.807, 2.05) is 19.9 Å². The molecule has 0 aliphatic rings. The molecule has 1 aromatic carbocycles. The molecule has 2 heteroatoms. The number of aliphatic hydroxyl groups is 1. The van der Waals surface area contributed by atoms with Gasteiger partial charge in [0.2, 0.25) is 0 Å². The Balaban J connectivity index is 2.60. The lowest BCUT2D eigenvalue weighted by molar-refractivity contribution is 0.115. The van der Waals surface area contributed by atoms with Crippen molar-refractivity contribution in [3.8, 4) is 0 Å². The molecule has 1 nitrogen and oxygen atoms in total. The van der Waals surface area contributed by atoms with Crippen molar-refractivity contribution in [1.29, 1.82) is 0 Å². The van der Waals surface area contributed by atoms with E-state index in [-0.39, 0.29) is 17.8 Å². The van der Waals surface area contributed by atoms with Gasteiger partial charge in [0.05, 0.1) is 6.10 Å². The van der Waals surface area contributed by atoms with Crippen molar-refractivity contribution in [2.24, 2.45) is 5.92 Å². The molecule has 78 valence electrons. The van der Waals surface area contributed by atoms with Crippen molar-refractivity contribution in [3.63, 3.8) is 0 Å². The molecule has 0 spiro atoms. The largest absolute Gasteiger partial charge is 0.393 e. The lowest BCUT2D eigenvalue weighted by atomic mass is 9.96. The van der Waals surface area contributed by atoms with E-state index in [4.69, 9.17) is 0 Å². The van der Waals surface area contributed by atoms with Gasteiger partial charge >= 0.3 is 0 Å². The molecule has 2 atom stereocenters. The number of hydrogen-bond acceptors (Lipinski definition) is 1. The first-order valence-electron chi connectivity index (χ1n) is 5.06. The van der Waals surface area contributed by atoms with Crippen LogP contribution in [0.15, 0.2) is 24.3 Å². The molecule has 0 aromatic heterocycles. The first-order valence-corrected chi connectivity index (χ1v) is 5.06. The highest BCUT2D eigenvalue weighted by Crippen LogP contribution is 2.13. The predicted octanol–water partition coefficient (Wildman–Crippen LogP) is 2.78. The first kappa shape index (κ1) is 11.2. The predicted molar refractivity (Wildman–Crippen MR) is 55.6 cm³/mol. The van der Waals surface area contributed by atoms with Gasteiger partial charge in [0, 0.05) is 0 Å². The Morgan fingerprint density at radius 2 is 2.14 bits per heavy atom.